The van der Waals surface area contributed by atoms with Gasteiger partial charge in [0.05, 0.1) is 11.4 Å². The Labute approximate surface area is 188 Å². The van der Waals surface area contributed by atoms with Gasteiger partial charge in [-0.2, -0.15) is 0 Å². The van der Waals surface area contributed by atoms with Gasteiger partial charge in [0.25, 0.3) is 0 Å². The van der Waals surface area contributed by atoms with Crippen molar-refractivity contribution in [2.75, 3.05) is 31.1 Å². The predicted molar refractivity (Wildman–Crippen MR) is 126 cm³/mol. The van der Waals surface area contributed by atoms with E-state index in [1.165, 1.54) is 16.7 Å². The summed E-state index contributed by atoms with van der Waals surface area (Å²) in [6, 6.07) is 16.7. The summed E-state index contributed by atoms with van der Waals surface area (Å²) < 4.78 is 5.51. The second kappa shape index (κ2) is 7.93. The van der Waals surface area contributed by atoms with E-state index in [4.69, 9.17) is 9.72 Å². The van der Waals surface area contributed by atoms with Crippen LogP contribution in [-0.2, 0) is 11.2 Å². The molecule has 2 aromatic heterocycles. The van der Waals surface area contributed by atoms with Gasteiger partial charge in [-0.1, -0.05) is 30.3 Å². The highest BCUT2D eigenvalue weighted by Crippen LogP contribution is 2.41. The van der Waals surface area contributed by atoms with Crippen LogP contribution in [0.5, 0.6) is 0 Å². The number of rotatable bonds is 2. The van der Waals surface area contributed by atoms with E-state index in [1.807, 2.05) is 33.0 Å². The van der Waals surface area contributed by atoms with Crippen molar-refractivity contribution in [3.8, 4) is 22.4 Å². The molecule has 0 saturated carbocycles. The molecule has 0 spiro atoms. The van der Waals surface area contributed by atoms with E-state index in [9.17, 15) is 4.79 Å². The van der Waals surface area contributed by atoms with E-state index >= 15 is 0 Å². The number of hydrogen-bond acceptors (Lipinski definition) is 5. The fourth-order valence-corrected chi connectivity index (χ4v) is 4.45. The molecule has 0 atom stereocenters. The minimum Gasteiger partial charge on any atom is -0.444 e. The first-order chi connectivity index (χ1) is 15.4. The molecule has 3 heterocycles. The lowest BCUT2D eigenvalue weighted by Gasteiger charge is -2.36. The zero-order valence-electron chi connectivity index (χ0n) is 18.8. The number of nitrogens with zero attached hydrogens (tertiary/aromatic N) is 4. The molecule has 1 aliphatic carbocycles. The standard InChI is InChI=1S/C26H28N4O2/c1-26(2,3)32-25(31)30-15-13-29(14-16-30)23-10-6-9-21(28-23)20-11-12-27-22-17-18-7-4-5-8-19(18)24(20)22/h4-12H,13-17H2,1-3H3. The van der Waals surface area contributed by atoms with Gasteiger partial charge in [-0.15, -0.1) is 0 Å². The van der Waals surface area contributed by atoms with Gasteiger partial charge in [-0.05, 0) is 50.1 Å². The monoisotopic (exact) mass is 428 g/mol. The molecule has 164 valence electrons. The van der Waals surface area contributed by atoms with Gasteiger partial charge in [-0.25, -0.2) is 9.78 Å². The Bertz CT molecular complexity index is 1160. The van der Waals surface area contributed by atoms with Gasteiger partial charge in [0, 0.05) is 49.9 Å². The van der Waals surface area contributed by atoms with Crippen molar-refractivity contribution < 1.29 is 9.53 Å². The molecule has 3 aromatic rings. The number of carbonyl (C=O) groups excluding carboxylic acids is 1. The Morgan fingerprint density at radius 2 is 1.72 bits per heavy atom. The predicted octanol–water partition coefficient (Wildman–Crippen LogP) is 4.77. The molecule has 1 aromatic carbocycles. The largest absolute Gasteiger partial charge is 0.444 e. The second-order valence-corrected chi connectivity index (χ2v) is 9.35. The quantitative estimate of drug-likeness (QED) is 0.460. The Morgan fingerprint density at radius 3 is 2.50 bits per heavy atom. The Morgan fingerprint density at radius 1 is 0.938 bits per heavy atom. The molecular weight excluding hydrogens is 400 g/mol. The summed E-state index contributed by atoms with van der Waals surface area (Å²) in [6.07, 6.45) is 2.50. The highest BCUT2D eigenvalue weighted by Gasteiger charge is 2.27. The number of amides is 1. The molecule has 1 fully saturated rings. The van der Waals surface area contributed by atoms with Crippen LogP contribution in [0, 0.1) is 0 Å². The van der Waals surface area contributed by atoms with Crippen LogP contribution in [-0.4, -0.2) is 52.7 Å². The third-order valence-electron chi connectivity index (χ3n) is 5.94. The number of ether oxygens (including phenoxy) is 1. The Balaban J connectivity index is 1.37. The number of pyridine rings is 2. The van der Waals surface area contributed by atoms with Gasteiger partial charge in [0.2, 0.25) is 0 Å². The van der Waals surface area contributed by atoms with Crippen LogP contribution in [0.2, 0.25) is 0 Å². The molecule has 0 bridgehead atoms. The molecule has 1 amide bonds. The van der Waals surface area contributed by atoms with Crippen molar-refractivity contribution in [3.63, 3.8) is 0 Å². The normalized spacial score (nSPS) is 15.3. The average molecular weight is 429 g/mol. The number of carbonyl (C=O) groups is 1. The zero-order chi connectivity index (χ0) is 22.3. The highest BCUT2D eigenvalue weighted by molar-refractivity contribution is 5.88. The van der Waals surface area contributed by atoms with Crippen LogP contribution in [0.25, 0.3) is 22.4 Å². The molecule has 2 aliphatic rings. The molecule has 5 rings (SSSR count). The van der Waals surface area contributed by atoms with E-state index in [0.29, 0.717) is 13.1 Å². The van der Waals surface area contributed by atoms with Crippen LogP contribution in [0.1, 0.15) is 32.0 Å². The zero-order valence-corrected chi connectivity index (χ0v) is 18.8. The molecule has 1 saturated heterocycles. The van der Waals surface area contributed by atoms with E-state index < -0.39 is 5.60 Å². The molecule has 0 unspecified atom stereocenters. The summed E-state index contributed by atoms with van der Waals surface area (Å²) in [6.45, 7) is 8.39. The summed E-state index contributed by atoms with van der Waals surface area (Å²) in [5, 5.41) is 0. The Hall–Kier alpha value is -3.41. The summed E-state index contributed by atoms with van der Waals surface area (Å²) in [7, 11) is 0. The average Bonchev–Trinajstić information content (AvgIpc) is 3.17. The fourth-order valence-electron chi connectivity index (χ4n) is 4.45. The van der Waals surface area contributed by atoms with Crippen molar-refractivity contribution in [2.24, 2.45) is 0 Å². The summed E-state index contributed by atoms with van der Waals surface area (Å²) >= 11 is 0. The van der Waals surface area contributed by atoms with Gasteiger partial charge in [0.15, 0.2) is 0 Å². The first-order valence-corrected chi connectivity index (χ1v) is 11.2. The van der Waals surface area contributed by atoms with Gasteiger partial charge >= 0.3 is 6.09 Å². The fraction of sp³-hybridized carbons (Fsp3) is 0.346. The maximum atomic E-state index is 12.4. The van der Waals surface area contributed by atoms with Gasteiger partial charge < -0.3 is 14.5 Å². The molecule has 0 N–H and O–H groups in total. The van der Waals surface area contributed by atoms with Crippen molar-refractivity contribution in [2.45, 2.75) is 32.8 Å². The van der Waals surface area contributed by atoms with Crippen LogP contribution >= 0.6 is 0 Å². The first-order valence-electron chi connectivity index (χ1n) is 11.2. The summed E-state index contributed by atoms with van der Waals surface area (Å²) in [5.74, 6) is 0.934. The molecule has 6 nitrogen and oxygen atoms in total. The minimum absolute atomic E-state index is 0.245. The molecular formula is C26H28N4O2. The van der Waals surface area contributed by atoms with Gasteiger partial charge in [0.1, 0.15) is 11.4 Å². The Kier molecular flexibility index (Phi) is 5.08. The number of benzene rings is 1. The first kappa shape index (κ1) is 20.5. The lowest BCUT2D eigenvalue weighted by Crippen LogP contribution is -2.50. The van der Waals surface area contributed by atoms with E-state index in [1.54, 1.807) is 4.90 Å². The van der Waals surface area contributed by atoms with E-state index in [-0.39, 0.29) is 6.09 Å². The number of anilines is 1. The van der Waals surface area contributed by atoms with E-state index in [0.717, 1.165) is 42.3 Å². The summed E-state index contributed by atoms with van der Waals surface area (Å²) in [5.41, 5.74) is 6.47. The lowest BCUT2D eigenvalue weighted by atomic mass is 10.00. The second-order valence-electron chi connectivity index (χ2n) is 9.35. The van der Waals surface area contributed by atoms with Crippen molar-refractivity contribution in [3.05, 3.63) is 66.0 Å². The maximum absolute atomic E-state index is 12.4. The van der Waals surface area contributed by atoms with Crippen LogP contribution < -0.4 is 4.90 Å². The summed E-state index contributed by atoms with van der Waals surface area (Å²) in [4.78, 5) is 26.0. The molecule has 32 heavy (non-hydrogen) atoms. The van der Waals surface area contributed by atoms with Gasteiger partial charge in [-0.3, -0.25) is 4.98 Å². The SMILES string of the molecule is CC(C)(C)OC(=O)N1CCN(c2cccc(-c3ccnc4c3-c3ccccc3C4)n2)CC1. The van der Waals surface area contributed by atoms with E-state index in [2.05, 4.69) is 52.3 Å². The number of aromatic nitrogens is 2. The van der Waals surface area contributed by atoms with Crippen LogP contribution in [0.4, 0.5) is 10.6 Å². The number of piperazine rings is 1. The highest BCUT2D eigenvalue weighted by atomic mass is 16.6. The number of fused-ring (bicyclic) bond motifs is 3. The van der Waals surface area contributed by atoms with Crippen molar-refractivity contribution in [1.82, 2.24) is 14.9 Å². The van der Waals surface area contributed by atoms with Crippen LogP contribution in [0.3, 0.4) is 0 Å². The third kappa shape index (κ3) is 3.93. The molecule has 6 heteroatoms. The maximum Gasteiger partial charge on any atom is 0.410 e. The lowest BCUT2D eigenvalue weighted by molar-refractivity contribution is 0.0240. The molecule has 0 radical (unpaired) electrons. The minimum atomic E-state index is -0.479. The molecule has 1 aliphatic heterocycles. The third-order valence-corrected chi connectivity index (χ3v) is 5.94. The number of hydrogen-bond donors (Lipinski definition) is 0. The van der Waals surface area contributed by atoms with Crippen molar-refractivity contribution in [1.29, 1.82) is 0 Å². The van der Waals surface area contributed by atoms with Crippen LogP contribution in [0.15, 0.2) is 54.7 Å². The smallest absolute Gasteiger partial charge is 0.410 e. The topological polar surface area (TPSA) is 58.6 Å². The van der Waals surface area contributed by atoms with Crippen molar-refractivity contribution >= 4 is 11.9 Å².